The van der Waals surface area contributed by atoms with Crippen molar-refractivity contribution >= 4 is 56.9 Å². The first-order chi connectivity index (χ1) is 17.0. The Kier molecular flexibility index (Phi) is 7.33. The van der Waals surface area contributed by atoms with E-state index in [1.165, 1.54) is 17.4 Å². The normalized spacial score (nSPS) is 17.4. The molecule has 1 saturated heterocycles. The molecule has 0 radical (unpaired) electrons. The summed E-state index contributed by atoms with van der Waals surface area (Å²) in [5.41, 5.74) is 7.77. The minimum absolute atomic E-state index is 0.000240. The molecular formula is C25H31N5O4S2. The molecule has 11 heteroatoms. The lowest BCUT2D eigenvalue weighted by Crippen LogP contribution is -2.34. The summed E-state index contributed by atoms with van der Waals surface area (Å²) < 4.78 is 0. The van der Waals surface area contributed by atoms with E-state index in [0.29, 0.717) is 22.2 Å². The lowest BCUT2D eigenvalue weighted by Gasteiger charge is -2.33. The number of nitrogens with zero attached hydrogens (tertiary/aromatic N) is 2. The fraction of sp³-hybridized carbons (Fsp3) is 0.480. The van der Waals surface area contributed by atoms with Crippen LogP contribution in [0.25, 0.3) is 0 Å². The van der Waals surface area contributed by atoms with Crippen LogP contribution in [0.2, 0.25) is 0 Å². The highest BCUT2D eigenvalue weighted by atomic mass is 32.1. The van der Waals surface area contributed by atoms with E-state index in [2.05, 4.69) is 31.4 Å². The Labute approximate surface area is 219 Å². The number of hydrogen-bond donors (Lipinski definition) is 3. The van der Waals surface area contributed by atoms with Gasteiger partial charge < -0.3 is 16.0 Å². The Morgan fingerprint density at radius 2 is 1.94 bits per heavy atom. The molecule has 0 unspecified atom stereocenters. The van der Waals surface area contributed by atoms with Crippen LogP contribution in [0.4, 0.5) is 16.4 Å². The van der Waals surface area contributed by atoms with E-state index in [1.54, 1.807) is 12.1 Å². The lowest BCUT2D eigenvalue weighted by atomic mass is 9.72. The van der Waals surface area contributed by atoms with Crippen molar-refractivity contribution in [3.05, 3.63) is 49.9 Å². The molecule has 1 fully saturated rings. The molecule has 2 aromatic rings. The molecule has 0 spiro atoms. The number of hydrogen-bond acceptors (Lipinski definition) is 7. The number of thiocarbonyl (C=S) groups is 1. The number of primary amides is 1. The molecule has 1 aliphatic heterocycles. The van der Waals surface area contributed by atoms with E-state index in [4.69, 9.17) is 18.0 Å². The molecule has 0 bridgehead atoms. The fourth-order valence-corrected chi connectivity index (χ4v) is 6.62. The van der Waals surface area contributed by atoms with Gasteiger partial charge >= 0.3 is 0 Å². The number of nitrogens with one attached hydrogen (secondary N) is 2. The van der Waals surface area contributed by atoms with Crippen LogP contribution in [-0.2, 0) is 12.8 Å². The summed E-state index contributed by atoms with van der Waals surface area (Å²) in [7, 11) is 0. The van der Waals surface area contributed by atoms with Gasteiger partial charge in [-0.25, -0.2) is 0 Å². The molecule has 1 atom stereocenters. The van der Waals surface area contributed by atoms with Gasteiger partial charge in [0.2, 0.25) is 0 Å². The van der Waals surface area contributed by atoms with E-state index in [9.17, 15) is 19.7 Å². The van der Waals surface area contributed by atoms with Crippen molar-refractivity contribution in [3.8, 4) is 0 Å². The van der Waals surface area contributed by atoms with Gasteiger partial charge in [0.05, 0.1) is 10.5 Å². The van der Waals surface area contributed by atoms with Crippen LogP contribution >= 0.6 is 23.6 Å². The predicted molar refractivity (Wildman–Crippen MR) is 146 cm³/mol. The van der Waals surface area contributed by atoms with Crippen LogP contribution in [-0.4, -0.2) is 34.9 Å². The number of anilines is 2. The van der Waals surface area contributed by atoms with Crippen LogP contribution in [0, 0.1) is 21.4 Å². The summed E-state index contributed by atoms with van der Waals surface area (Å²) >= 11 is 6.79. The maximum atomic E-state index is 12.9. The van der Waals surface area contributed by atoms with Gasteiger partial charge in [-0.15, -0.1) is 11.3 Å². The topological polar surface area (TPSA) is 131 Å². The first-order valence-electron chi connectivity index (χ1n) is 12.1. The van der Waals surface area contributed by atoms with Gasteiger partial charge in [0.15, 0.2) is 5.11 Å². The van der Waals surface area contributed by atoms with Crippen molar-refractivity contribution in [1.29, 1.82) is 0 Å². The third-order valence-electron chi connectivity index (χ3n) is 7.07. The first-order valence-corrected chi connectivity index (χ1v) is 13.3. The van der Waals surface area contributed by atoms with E-state index in [1.807, 2.05) is 4.90 Å². The van der Waals surface area contributed by atoms with Gasteiger partial charge in [-0.1, -0.05) is 20.8 Å². The number of nitro benzene ring substituents is 1. The Morgan fingerprint density at radius 1 is 1.25 bits per heavy atom. The van der Waals surface area contributed by atoms with Crippen molar-refractivity contribution in [2.45, 2.75) is 52.9 Å². The number of thiophene rings is 1. The van der Waals surface area contributed by atoms with Crippen LogP contribution in [0.1, 0.15) is 71.2 Å². The molecule has 1 aromatic carbocycles. The highest BCUT2D eigenvalue weighted by molar-refractivity contribution is 7.80. The Hall–Kier alpha value is -3.05. The van der Waals surface area contributed by atoms with Crippen molar-refractivity contribution < 1.29 is 14.5 Å². The zero-order chi connectivity index (χ0) is 26.2. The molecule has 9 nitrogen and oxygen atoms in total. The maximum Gasteiger partial charge on any atom is 0.293 e. The molecule has 2 aliphatic rings. The Bertz CT molecular complexity index is 1230. The average molecular weight is 530 g/mol. The van der Waals surface area contributed by atoms with Crippen molar-refractivity contribution in [1.82, 2.24) is 5.32 Å². The molecule has 2 heterocycles. The zero-order valence-corrected chi connectivity index (χ0v) is 22.3. The molecule has 0 saturated carbocycles. The van der Waals surface area contributed by atoms with E-state index in [0.717, 1.165) is 55.6 Å². The molecular weight excluding hydrogens is 498 g/mol. The van der Waals surface area contributed by atoms with Crippen molar-refractivity contribution in [3.63, 3.8) is 0 Å². The molecule has 2 amide bonds. The summed E-state index contributed by atoms with van der Waals surface area (Å²) in [6.45, 7) is 8.17. The van der Waals surface area contributed by atoms with Gasteiger partial charge in [-0.3, -0.25) is 25.0 Å². The van der Waals surface area contributed by atoms with Gasteiger partial charge in [0.25, 0.3) is 17.5 Å². The highest BCUT2D eigenvalue weighted by Crippen LogP contribution is 2.44. The second-order valence-electron chi connectivity index (χ2n) is 10.4. The van der Waals surface area contributed by atoms with Crippen LogP contribution in [0.3, 0.4) is 0 Å². The second kappa shape index (κ2) is 10.1. The lowest BCUT2D eigenvalue weighted by molar-refractivity contribution is -0.384. The number of nitrogens with two attached hydrogens (primary N) is 1. The van der Waals surface area contributed by atoms with Crippen molar-refractivity contribution in [2.75, 3.05) is 23.3 Å². The zero-order valence-electron chi connectivity index (χ0n) is 20.7. The summed E-state index contributed by atoms with van der Waals surface area (Å²) in [6.07, 6.45) is 4.56. The monoisotopic (exact) mass is 529 g/mol. The number of carbonyl (C=O) groups excluding carboxylic acids is 2. The Balaban J connectivity index is 1.50. The van der Waals surface area contributed by atoms with E-state index in [-0.39, 0.29) is 21.8 Å². The minimum Gasteiger partial charge on any atom is -0.366 e. The number of rotatable bonds is 5. The SMILES string of the molecule is CC(C)(C)[C@@H]1CCc2c(sc(NC(=S)NC(=O)c3ccc(N4CCCC4)c([N+](=O)[O-])c3)c2C(N)=O)C1. The second-order valence-corrected chi connectivity index (χ2v) is 12.0. The molecule has 1 aliphatic carbocycles. The third-order valence-corrected chi connectivity index (χ3v) is 8.45. The highest BCUT2D eigenvalue weighted by Gasteiger charge is 2.33. The maximum absolute atomic E-state index is 12.9. The fourth-order valence-electron chi connectivity index (χ4n) is 5.02. The standard InChI is InChI=1S/C25H31N5O4S2/c1-25(2,3)15-7-8-16-19(13-15)36-23(20(16)21(26)31)28-24(35)27-22(32)14-6-9-17(18(12-14)30(33)34)29-10-4-5-11-29/h6,9,12,15H,4-5,7-8,10-11,13H2,1-3H3,(H2,26,31)(H2,27,28,32,35)/t15-/m1/s1. The average Bonchev–Trinajstić information content (AvgIpc) is 3.45. The van der Waals surface area contributed by atoms with Gasteiger partial charge in [0.1, 0.15) is 10.7 Å². The van der Waals surface area contributed by atoms with Gasteiger partial charge in [0, 0.05) is 29.6 Å². The van der Waals surface area contributed by atoms with Crippen LogP contribution in [0.5, 0.6) is 0 Å². The number of benzene rings is 1. The summed E-state index contributed by atoms with van der Waals surface area (Å²) in [6, 6.07) is 4.44. The molecule has 192 valence electrons. The van der Waals surface area contributed by atoms with Gasteiger partial charge in [-0.2, -0.15) is 0 Å². The largest absolute Gasteiger partial charge is 0.366 e. The number of amides is 2. The summed E-state index contributed by atoms with van der Waals surface area (Å²) in [4.78, 5) is 39.4. The molecule has 4 rings (SSSR count). The number of fused-ring (bicyclic) bond motifs is 1. The van der Waals surface area contributed by atoms with Crippen LogP contribution in [0.15, 0.2) is 18.2 Å². The number of nitro groups is 1. The molecule has 4 N–H and O–H groups in total. The smallest absolute Gasteiger partial charge is 0.293 e. The molecule has 1 aromatic heterocycles. The first kappa shape index (κ1) is 26.0. The third kappa shape index (κ3) is 5.36. The minimum atomic E-state index is -0.571. The summed E-state index contributed by atoms with van der Waals surface area (Å²) in [5.74, 6) is -0.618. The van der Waals surface area contributed by atoms with Crippen LogP contribution < -0.4 is 21.3 Å². The van der Waals surface area contributed by atoms with Gasteiger partial charge in [-0.05, 0) is 73.4 Å². The number of carbonyl (C=O) groups is 2. The Morgan fingerprint density at radius 3 is 2.56 bits per heavy atom. The van der Waals surface area contributed by atoms with E-state index < -0.39 is 16.7 Å². The predicted octanol–water partition coefficient (Wildman–Crippen LogP) is 4.63. The molecule has 36 heavy (non-hydrogen) atoms. The van der Waals surface area contributed by atoms with E-state index >= 15 is 0 Å². The summed E-state index contributed by atoms with van der Waals surface area (Å²) in [5, 5.41) is 17.7. The van der Waals surface area contributed by atoms with Crippen molar-refractivity contribution in [2.24, 2.45) is 17.1 Å². The quantitative estimate of drug-likeness (QED) is 0.292.